The van der Waals surface area contributed by atoms with Gasteiger partial charge in [-0.05, 0) is 19.3 Å². The molecule has 0 bridgehead atoms. The van der Waals surface area contributed by atoms with Crippen molar-refractivity contribution in [1.82, 2.24) is 0 Å². The number of hydrogen-bond acceptors (Lipinski definition) is 2. The minimum atomic E-state index is -0.823. The Hall–Kier alpha value is -1.04. The Bertz CT molecular complexity index is 189. The third-order valence-electron chi connectivity index (χ3n) is 2.41. The van der Waals surface area contributed by atoms with E-state index in [9.17, 15) is 4.79 Å². The Balaban J connectivity index is 4.14. The molecule has 0 aromatic rings. The van der Waals surface area contributed by atoms with Crippen molar-refractivity contribution in [2.75, 3.05) is 0 Å². The zero-order chi connectivity index (χ0) is 9.61. The van der Waals surface area contributed by atoms with E-state index < -0.39 is 11.4 Å². The highest BCUT2D eigenvalue weighted by molar-refractivity contribution is 5.66. The molecule has 0 aromatic heterocycles. The molecule has 3 heteroatoms. The largest absolute Gasteiger partial charge is 0.481 e. The number of aliphatic carboxylic acids is 1. The van der Waals surface area contributed by atoms with Gasteiger partial charge in [0, 0.05) is 6.42 Å². The summed E-state index contributed by atoms with van der Waals surface area (Å²) in [5, 5.41) is 17.3. The molecule has 0 saturated carbocycles. The van der Waals surface area contributed by atoms with E-state index in [2.05, 4.69) is 6.07 Å². The predicted molar refractivity (Wildman–Crippen MR) is 45.5 cm³/mol. The second-order valence-corrected chi connectivity index (χ2v) is 2.99. The van der Waals surface area contributed by atoms with Crippen molar-refractivity contribution in [2.24, 2.45) is 5.41 Å². The van der Waals surface area contributed by atoms with Crippen LogP contribution in [0, 0.1) is 16.7 Å². The number of carbonyl (C=O) groups is 1. The maximum absolute atomic E-state index is 10.3. The van der Waals surface area contributed by atoms with E-state index in [0.717, 1.165) is 12.8 Å². The lowest BCUT2D eigenvalue weighted by molar-refractivity contribution is -0.137. The summed E-state index contributed by atoms with van der Waals surface area (Å²) in [6.45, 7) is 3.85. The van der Waals surface area contributed by atoms with Crippen LogP contribution in [0.1, 0.15) is 39.5 Å². The molecular weight excluding hydrogens is 154 g/mol. The topological polar surface area (TPSA) is 61.1 Å². The van der Waals surface area contributed by atoms with Crippen LogP contribution in [-0.2, 0) is 4.79 Å². The van der Waals surface area contributed by atoms with Gasteiger partial charge in [-0.3, -0.25) is 4.79 Å². The van der Waals surface area contributed by atoms with Gasteiger partial charge in [0.25, 0.3) is 0 Å². The lowest BCUT2D eigenvalue weighted by Crippen LogP contribution is -2.17. The van der Waals surface area contributed by atoms with Crippen LogP contribution in [0.4, 0.5) is 0 Å². The van der Waals surface area contributed by atoms with Gasteiger partial charge < -0.3 is 5.11 Å². The highest BCUT2D eigenvalue weighted by Gasteiger charge is 2.26. The fraction of sp³-hybridized carbons (Fsp3) is 0.778. The van der Waals surface area contributed by atoms with E-state index in [1.807, 2.05) is 13.8 Å². The van der Waals surface area contributed by atoms with Gasteiger partial charge in [0.1, 0.15) is 0 Å². The molecule has 0 spiro atoms. The van der Waals surface area contributed by atoms with Crippen molar-refractivity contribution in [3.05, 3.63) is 0 Å². The molecule has 0 aliphatic heterocycles. The van der Waals surface area contributed by atoms with Crippen molar-refractivity contribution in [3.63, 3.8) is 0 Å². The number of nitrogens with zero attached hydrogens (tertiary/aromatic N) is 1. The molecule has 0 radical (unpaired) electrons. The van der Waals surface area contributed by atoms with Crippen molar-refractivity contribution in [2.45, 2.75) is 39.5 Å². The molecule has 68 valence electrons. The van der Waals surface area contributed by atoms with Gasteiger partial charge in [0.2, 0.25) is 0 Å². The second-order valence-electron chi connectivity index (χ2n) is 2.99. The Morgan fingerprint density at radius 3 is 2.25 bits per heavy atom. The summed E-state index contributed by atoms with van der Waals surface area (Å²) in [6, 6.07) is 2.21. The number of carboxylic acids is 1. The monoisotopic (exact) mass is 169 g/mol. The first kappa shape index (κ1) is 11.0. The van der Waals surface area contributed by atoms with Gasteiger partial charge in [-0.25, -0.2) is 0 Å². The lowest BCUT2D eigenvalue weighted by Gasteiger charge is -2.21. The highest BCUT2D eigenvalue weighted by Crippen LogP contribution is 2.30. The van der Waals surface area contributed by atoms with Crippen LogP contribution in [0.5, 0.6) is 0 Å². The molecule has 3 nitrogen and oxygen atoms in total. The molecule has 0 amide bonds. The summed E-state index contributed by atoms with van der Waals surface area (Å²) in [7, 11) is 0. The zero-order valence-electron chi connectivity index (χ0n) is 7.63. The first-order chi connectivity index (χ1) is 5.60. The summed E-state index contributed by atoms with van der Waals surface area (Å²) in [4.78, 5) is 10.3. The number of hydrogen-bond donors (Lipinski definition) is 1. The molecule has 0 rings (SSSR count). The first-order valence-electron chi connectivity index (χ1n) is 4.23. The highest BCUT2D eigenvalue weighted by atomic mass is 16.4. The fourth-order valence-electron chi connectivity index (χ4n) is 1.16. The van der Waals surface area contributed by atoms with E-state index in [4.69, 9.17) is 10.4 Å². The number of nitriles is 1. The molecule has 0 aromatic carbocycles. The van der Waals surface area contributed by atoms with Crippen LogP contribution >= 0.6 is 0 Å². The smallest absolute Gasteiger partial charge is 0.303 e. The fourth-order valence-corrected chi connectivity index (χ4v) is 1.16. The molecular formula is C9H15NO2. The zero-order valence-corrected chi connectivity index (χ0v) is 7.63. The summed E-state index contributed by atoms with van der Waals surface area (Å²) in [5.41, 5.74) is -0.418. The average molecular weight is 169 g/mol. The van der Waals surface area contributed by atoms with Gasteiger partial charge in [-0.15, -0.1) is 0 Å². The molecule has 0 aliphatic carbocycles. The Kier molecular flexibility index (Phi) is 4.35. The van der Waals surface area contributed by atoms with Gasteiger partial charge >= 0.3 is 5.97 Å². The number of carboxylic acid groups (broad SMARTS) is 1. The Labute approximate surface area is 73.0 Å². The Morgan fingerprint density at radius 2 is 2.00 bits per heavy atom. The van der Waals surface area contributed by atoms with Crippen LogP contribution in [0.2, 0.25) is 0 Å². The normalized spacial score (nSPS) is 10.8. The third kappa shape index (κ3) is 2.91. The van der Waals surface area contributed by atoms with E-state index in [1.54, 1.807) is 0 Å². The molecule has 0 atom stereocenters. The molecule has 0 fully saturated rings. The van der Waals surface area contributed by atoms with Crippen LogP contribution in [0.3, 0.4) is 0 Å². The van der Waals surface area contributed by atoms with Gasteiger partial charge in [0.05, 0.1) is 11.5 Å². The van der Waals surface area contributed by atoms with Gasteiger partial charge in [-0.2, -0.15) is 5.26 Å². The molecule has 0 heterocycles. The Morgan fingerprint density at radius 1 is 1.50 bits per heavy atom. The van der Waals surface area contributed by atoms with Crippen molar-refractivity contribution in [3.8, 4) is 6.07 Å². The molecule has 0 saturated heterocycles. The minimum absolute atomic E-state index is 0.0925. The van der Waals surface area contributed by atoms with Gasteiger partial charge in [0.15, 0.2) is 0 Å². The molecule has 0 aliphatic rings. The summed E-state index contributed by atoms with van der Waals surface area (Å²) >= 11 is 0. The predicted octanol–water partition coefficient (Wildman–Crippen LogP) is 2.18. The van der Waals surface area contributed by atoms with E-state index in [1.165, 1.54) is 0 Å². The van der Waals surface area contributed by atoms with E-state index in [0.29, 0.717) is 6.42 Å². The first-order valence-corrected chi connectivity index (χ1v) is 4.23. The van der Waals surface area contributed by atoms with Crippen LogP contribution in [0.15, 0.2) is 0 Å². The van der Waals surface area contributed by atoms with Crippen molar-refractivity contribution in [1.29, 1.82) is 5.26 Å². The third-order valence-corrected chi connectivity index (χ3v) is 2.41. The van der Waals surface area contributed by atoms with Crippen LogP contribution in [-0.4, -0.2) is 11.1 Å². The number of rotatable bonds is 5. The maximum Gasteiger partial charge on any atom is 0.303 e. The standard InChI is InChI=1S/C9H15NO2/c1-3-9(4-2,7-10)6-5-8(11)12/h3-6H2,1-2H3,(H,11,12). The molecule has 12 heavy (non-hydrogen) atoms. The van der Waals surface area contributed by atoms with E-state index in [-0.39, 0.29) is 6.42 Å². The quantitative estimate of drug-likeness (QED) is 0.686. The summed E-state index contributed by atoms with van der Waals surface area (Å²) < 4.78 is 0. The lowest BCUT2D eigenvalue weighted by atomic mass is 9.80. The minimum Gasteiger partial charge on any atom is -0.481 e. The molecule has 0 unspecified atom stereocenters. The summed E-state index contributed by atoms with van der Waals surface area (Å²) in [5.74, 6) is -0.823. The average Bonchev–Trinajstić information content (AvgIpc) is 2.08. The SMILES string of the molecule is CCC(C#N)(CC)CCC(=O)O. The van der Waals surface area contributed by atoms with Crippen LogP contribution < -0.4 is 0 Å². The van der Waals surface area contributed by atoms with Crippen molar-refractivity contribution >= 4 is 5.97 Å². The maximum atomic E-state index is 10.3. The second kappa shape index (κ2) is 4.76. The summed E-state index contributed by atoms with van der Waals surface area (Å²) in [6.07, 6.45) is 2.02. The molecule has 1 N–H and O–H groups in total. The van der Waals surface area contributed by atoms with E-state index >= 15 is 0 Å². The van der Waals surface area contributed by atoms with Gasteiger partial charge in [-0.1, -0.05) is 13.8 Å². The van der Waals surface area contributed by atoms with Crippen molar-refractivity contribution < 1.29 is 9.90 Å². The van der Waals surface area contributed by atoms with Crippen LogP contribution in [0.25, 0.3) is 0 Å².